The molecule has 9 rings (SSSR count). The fourth-order valence-electron chi connectivity index (χ4n) is 10.4. The Kier molecular flexibility index (Phi) is 29.2. The number of anilines is 4. The lowest BCUT2D eigenvalue weighted by Gasteiger charge is -2.31. The van der Waals surface area contributed by atoms with Crippen molar-refractivity contribution in [3.63, 3.8) is 0 Å². The third-order valence-electron chi connectivity index (χ3n) is 16.1. The van der Waals surface area contributed by atoms with Crippen LogP contribution < -0.4 is 20.9 Å². The van der Waals surface area contributed by atoms with Crippen LogP contribution in [0, 0.1) is 92.7 Å². The summed E-state index contributed by atoms with van der Waals surface area (Å²) >= 11 is 4.99. The number of esters is 3. The predicted octanol–water partition coefficient (Wildman–Crippen LogP) is 15.8. The van der Waals surface area contributed by atoms with Crippen LogP contribution in [0.4, 0.5) is 22.7 Å². The number of imidazole rings is 3. The molecule has 24 heteroatoms. The van der Waals surface area contributed by atoms with E-state index in [9.17, 15) is 33.9 Å². The number of carboxylic acids is 1. The molecule has 2 fully saturated rings. The van der Waals surface area contributed by atoms with Crippen molar-refractivity contribution >= 4 is 104 Å². The number of carboxylic acid groups (broad SMARTS) is 1. The van der Waals surface area contributed by atoms with Gasteiger partial charge in [0, 0.05) is 91.8 Å². The second-order valence-corrected chi connectivity index (χ2v) is 33.9. The van der Waals surface area contributed by atoms with Crippen LogP contribution in [0.2, 0.25) is 0 Å². The molecule has 0 aliphatic heterocycles. The van der Waals surface area contributed by atoms with Gasteiger partial charge in [0.15, 0.2) is 0 Å². The Balaban J connectivity index is 0.000000220. The zero-order valence-electron chi connectivity index (χ0n) is 62.8. The molecule has 0 atom stereocenters. The van der Waals surface area contributed by atoms with Crippen molar-refractivity contribution in [1.29, 1.82) is 0 Å². The summed E-state index contributed by atoms with van der Waals surface area (Å²) in [7, 11) is 9.79. The fraction of sp³-hybridized carbons (Fsp3) is 0.500. The maximum absolute atomic E-state index is 13.7. The molecule has 0 saturated heterocycles. The minimum absolute atomic E-state index is 0.0227. The largest absolute Gasteiger partial charge is 0.477 e. The molecule has 102 heavy (non-hydrogen) atoms. The maximum atomic E-state index is 13.7. The van der Waals surface area contributed by atoms with E-state index in [0.717, 1.165) is 94.7 Å². The van der Waals surface area contributed by atoms with E-state index in [0.29, 0.717) is 67.3 Å². The molecular weight excluding hydrogens is 1370 g/mol. The molecule has 7 heterocycles. The van der Waals surface area contributed by atoms with Crippen molar-refractivity contribution in [3.8, 4) is 47.4 Å². The number of nitrogens with one attached hydrogen (secondary N) is 1. The first kappa shape index (κ1) is 82.0. The number of carbonyl (C=O) groups is 6. The second kappa shape index (κ2) is 36.3. The lowest BCUT2D eigenvalue weighted by atomic mass is 9.82. The molecule has 0 radical (unpaired) electrons. The number of nitrogens with two attached hydrogens (primary N) is 1. The van der Waals surface area contributed by atoms with Gasteiger partial charge in [0.1, 0.15) is 37.0 Å². The van der Waals surface area contributed by atoms with Crippen molar-refractivity contribution in [2.24, 2.45) is 66.5 Å². The van der Waals surface area contributed by atoms with Crippen LogP contribution in [0.1, 0.15) is 224 Å². The number of aryl methyl sites for hydroxylation is 3. The molecule has 0 unspecified atom stereocenters. The number of aromatic carboxylic acids is 1. The number of rotatable bonds is 15. The molecule has 0 bridgehead atoms. The molecule has 4 N–H and O–H groups in total. The molecule has 7 aromatic heterocycles. The number of methoxy groups -OCH3 is 3. The van der Waals surface area contributed by atoms with Crippen molar-refractivity contribution in [2.45, 2.75) is 168 Å². The summed E-state index contributed by atoms with van der Waals surface area (Å²) in [5.74, 6) is 26.3. The molecule has 546 valence electrons. The third kappa shape index (κ3) is 25.0. The Morgan fingerprint density at radius 1 is 0.500 bits per heavy atom. The topological polar surface area (TPSA) is 248 Å². The highest BCUT2D eigenvalue weighted by molar-refractivity contribution is 7.16. The number of aromatic nitrogens is 6. The summed E-state index contributed by atoms with van der Waals surface area (Å²) in [6.07, 6.45) is 18.2. The number of carbonyl (C=O) groups excluding carboxylic acids is 5. The lowest BCUT2D eigenvalue weighted by molar-refractivity contribution is -0.124. The van der Waals surface area contributed by atoms with Gasteiger partial charge in [0.25, 0.3) is 0 Å². The second-order valence-electron chi connectivity index (χ2n) is 29.7. The Morgan fingerprint density at radius 2 is 0.824 bits per heavy atom. The number of amides is 2. The highest BCUT2D eigenvalue weighted by Gasteiger charge is 2.35. The average molecular weight is 1470 g/mol. The molecule has 7 aromatic rings. The average Bonchev–Trinajstić information content (AvgIpc) is 1.61. The standard InChI is InChI=1S/C25H33N3O3S.C24H31N3O3S.C17H21N3O2S.C12H15NO2S/c1-17-7-9-18(10-8-17)23(29)28(16-21-26-13-14-27(21)5)20-15-19(11-12-25(2,3)4)32-22(20)24(30)31-6;1-16-6-8-17(9-7-16)22(28)27(15-20-25-12-13-26(20)5)19-14-18(10-11-24(2,3)4)31-21(19)23(29)30;1-17(2,3)7-6-12-10-13(15(23-12)16(21)22-5)19-11-14-18-8-9-20(14)4;1-12(2,3)6-5-8-7-9(13)10(16-8)11(14)15-4/h13-15,17-18H,7-10,16H2,1-6H3;12-14,16-17H,6-9,15H2,1-5H3,(H,29,30);8-10,19H,11H2,1-5H3;7H,13H2,1-4H3. The first-order chi connectivity index (χ1) is 47.8. The van der Waals surface area contributed by atoms with E-state index in [-0.39, 0.29) is 62.7 Å². The molecular formula is C78H100N10O10S4. The van der Waals surface area contributed by atoms with Gasteiger partial charge in [-0.3, -0.25) is 9.59 Å². The number of nitrogen functional groups attached to an aromatic ring is 1. The van der Waals surface area contributed by atoms with Gasteiger partial charge >= 0.3 is 23.9 Å². The van der Waals surface area contributed by atoms with Crippen LogP contribution in [0.25, 0.3) is 0 Å². The minimum atomic E-state index is -1.04. The van der Waals surface area contributed by atoms with Crippen LogP contribution in [-0.4, -0.2) is 90.8 Å². The molecule has 2 saturated carbocycles. The van der Waals surface area contributed by atoms with Crippen molar-refractivity contribution in [2.75, 3.05) is 42.2 Å². The van der Waals surface area contributed by atoms with E-state index in [1.807, 2.05) is 128 Å². The third-order valence-corrected chi connectivity index (χ3v) is 20.2. The van der Waals surface area contributed by atoms with Gasteiger partial charge in [-0.15, -0.1) is 45.3 Å². The predicted molar refractivity (Wildman–Crippen MR) is 410 cm³/mol. The van der Waals surface area contributed by atoms with E-state index >= 15 is 0 Å². The monoisotopic (exact) mass is 1460 g/mol. The number of hydrogen-bond donors (Lipinski definition) is 3. The smallest absolute Gasteiger partial charge is 0.350 e. The van der Waals surface area contributed by atoms with Gasteiger partial charge in [-0.05, 0) is 171 Å². The Bertz CT molecular complexity index is 4330. The number of thiophene rings is 4. The van der Waals surface area contributed by atoms with Crippen LogP contribution in [0.5, 0.6) is 0 Å². The molecule has 0 aromatic carbocycles. The Morgan fingerprint density at radius 3 is 1.19 bits per heavy atom. The Labute approximate surface area is 618 Å². The summed E-state index contributed by atoms with van der Waals surface area (Å²) < 4.78 is 20.2. The number of ether oxygens (including phenoxy) is 3. The van der Waals surface area contributed by atoms with E-state index in [1.165, 1.54) is 55.3 Å². The van der Waals surface area contributed by atoms with Gasteiger partial charge in [-0.25, -0.2) is 34.1 Å². The van der Waals surface area contributed by atoms with Gasteiger partial charge in [0.2, 0.25) is 11.8 Å². The van der Waals surface area contributed by atoms with Gasteiger partial charge in [0.05, 0.1) is 83.2 Å². The molecule has 20 nitrogen and oxygen atoms in total. The summed E-state index contributed by atoms with van der Waals surface area (Å²) in [5, 5.41) is 13.1. The fourth-order valence-corrected chi connectivity index (χ4v) is 13.9. The van der Waals surface area contributed by atoms with Gasteiger partial charge < -0.3 is 53.9 Å². The maximum Gasteiger partial charge on any atom is 0.350 e. The summed E-state index contributed by atoms with van der Waals surface area (Å²) in [4.78, 5) is 96.2. The summed E-state index contributed by atoms with van der Waals surface area (Å²) in [6, 6.07) is 7.19. The SMILES string of the molecule is CC1CCC(C(=O)N(Cc2nccn2C)c2cc(C#CC(C)(C)C)sc2C(=O)O)CC1.COC(=O)c1sc(C#CC(C)(C)C)cc1N.COC(=O)c1sc(C#CC(C)(C)C)cc1N(Cc1nccn1C)C(=O)C1CCC(C)CC1.COC(=O)c1sc(C#CC(C)(C)C)cc1NCc1nccn1C. The lowest BCUT2D eigenvalue weighted by Crippen LogP contribution is -2.38. The van der Waals surface area contributed by atoms with Crippen LogP contribution in [0.15, 0.2) is 61.4 Å². The van der Waals surface area contributed by atoms with Crippen LogP contribution >= 0.6 is 45.3 Å². The first-order valence-electron chi connectivity index (χ1n) is 33.9. The molecule has 2 aliphatic carbocycles. The van der Waals surface area contributed by atoms with Crippen molar-refractivity contribution < 1.29 is 48.1 Å². The molecule has 0 spiro atoms. The van der Waals surface area contributed by atoms with E-state index < -0.39 is 17.9 Å². The van der Waals surface area contributed by atoms with Crippen LogP contribution in [-0.2, 0) is 64.6 Å². The minimum Gasteiger partial charge on any atom is -0.477 e. The Hall–Kier alpha value is -8.91. The number of hydrogen-bond acceptors (Lipinski definition) is 18. The van der Waals surface area contributed by atoms with Crippen molar-refractivity contribution in [1.82, 2.24) is 28.7 Å². The molecule has 2 aliphatic rings. The zero-order chi connectivity index (χ0) is 75.6. The van der Waals surface area contributed by atoms with Crippen molar-refractivity contribution in [3.05, 3.63) is 118 Å². The highest BCUT2D eigenvalue weighted by atomic mass is 32.1. The van der Waals surface area contributed by atoms with Crippen LogP contribution in [0.3, 0.4) is 0 Å². The first-order valence-corrected chi connectivity index (χ1v) is 37.2. The normalized spacial score (nSPS) is 15.6. The van der Waals surface area contributed by atoms with E-state index in [4.69, 9.17) is 15.2 Å². The highest BCUT2D eigenvalue weighted by Crippen LogP contribution is 2.39. The van der Waals surface area contributed by atoms with E-state index in [1.54, 1.807) is 40.5 Å². The quantitative estimate of drug-likeness (QED) is 0.0490. The number of nitrogens with zero attached hydrogens (tertiary/aromatic N) is 8. The summed E-state index contributed by atoms with van der Waals surface area (Å²) in [6.45, 7) is 29.9. The van der Waals surface area contributed by atoms with Gasteiger partial charge in [-0.1, -0.05) is 61.2 Å². The molecule has 2 amide bonds. The van der Waals surface area contributed by atoms with E-state index in [2.05, 4.69) is 107 Å². The summed E-state index contributed by atoms with van der Waals surface area (Å²) in [5.41, 5.74) is 7.31. The van der Waals surface area contributed by atoms with Gasteiger partial charge in [-0.2, -0.15) is 0 Å². The zero-order valence-corrected chi connectivity index (χ0v) is 66.0.